The maximum absolute atomic E-state index is 12.6. The monoisotopic (exact) mass is 446 g/mol. The van der Waals surface area contributed by atoms with Gasteiger partial charge in [0.2, 0.25) is 5.91 Å². The van der Waals surface area contributed by atoms with Gasteiger partial charge in [-0.1, -0.05) is 0 Å². The summed E-state index contributed by atoms with van der Waals surface area (Å²) >= 11 is 0. The summed E-state index contributed by atoms with van der Waals surface area (Å²) < 4.78 is 33.1. The van der Waals surface area contributed by atoms with Crippen LogP contribution < -0.4 is 10.6 Å². The fourth-order valence-corrected chi connectivity index (χ4v) is 3.54. The first kappa shape index (κ1) is 25.3. The normalized spacial score (nSPS) is 28.9. The summed E-state index contributed by atoms with van der Waals surface area (Å²) in [5.74, 6) is -1.93. The Kier molecular flexibility index (Phi) is 7.90. The molecule has 2 rings (SSSR count). The number of carbonyl (C=O) groups excluding carboxylic acids is 3. The van der Waals surface area contributed by atoms with E-state index in [0.29, 0.717) is 0 Å². The standard InChI is InChI=1S/C20H34N2O9/c1-10(16(24)27-8)21-12(23)9-11(22-18(25)31-19(2,3)4)13-14(26-7)15-17(28-13)30-20(5,6)29-15/h10-11,13-15,17H,9H2,1-8H3,(H,21,23)(H,22,25)/t10-,11+,13+,14-,15+,17+/m0/s1. The van der Waals surface area contributed by atoms with Crippen molar-refractivity contribution >= 4 is 18.0 Å². The molecule has 11 heteroatoms. The van der Waals surface area contributed by atoms with Gasteiger partial charge < -0.3 is 39.1 Å². The summed E-state index contributed by atoms with van der Waals surface area (Å²) in [7, 11) is 2.72. The lowest BCUT2D eigenvalue weighted by atomic mass is 10.00. The largest absolute Gasteiger partial charge is 0.467 e. The van der Waals surface area contributed by atoms with Gasteiger partial charge in [-0.05, 0) is 41.5 Å². The van der Waals surface area contributed by atoms with Crippen LogP contribution in [0.15, 0.2) is 0 Å². The minimum atomic E-state index is -0.853. The number of hydrogen-bond donors (Lipinski definition) is 2. The Bertz CT molecular complexity index is 676. The Hall–Kier alpha value is -1.95. The quantitative estimate of drug-likeness (QED) is 0.546. The molecule has 0 spiro atoms. The number of amides is 2. The van der Waals surface area contributed by atoms with Gasteiger partial charge in [0.15, 0.2) is 12.1 Å². The molecule has 2 aliphatic heterocycles. The number of methoxy groups -OCH3 is 2. The van der Waals surface area contributed by atoms with Gasteiger partial charge in [-0.3, -0.25) is 4.79 Å². The Labute approximate surface area is 182 Å². The zero-order valence-corrected chi connectivity index (χ0v) is 19.3. The average molecular weight is 446 g/mol. The van der Waals surface area contributed by atoms with Gasteiger partial charge in [-0.25, -0.2) is 9.59 Å². The minimum absolute atomic E-state index is 0.200. The number of esters is 1. The summed E-state index contributed by atoms with van der Waals surface area (Å²) in [6.45, 7) is 10.2. The van der Waals surface area contributed by atoms with Crippen molar-refractivity contribution in [1.29, 1.82) is 0 Å². The van der Waals surface area contributed by atoms with Crippen molar-refractivity contribution in [3.63, 3.8) is 0 Å². The van der Waals surface area contributed by atoms with Crippen molar-refractivity contribution in [3.05, 3.63) is 0 Å². The molecule has 6 atom stereocenters. The van der Waals surface area contributed by atoms with Crippen LogP contribution in [0.25, 0.3) is 0 Å². The second-order valence-corrected chi connectivity index (χ2v) is 9.04. The first-order valence-electron chi connectivity index (χ1n) is 10.2. The van der Waals surface area contributed by atoms with E-state index < -0.39 is 66.0 Å². The highest BCUT2D eigenvalue weighted by molar-refractivity contribution is 5.84. The molecule has 2 saturated heterocycles. The fourth-order valence-electron chi connectivity index (χ4n) is 3.54. The lowest BCUT2D eigenvalue weighted by Crippen LogP contribution is -2.53. The number of carbonyl (C=O) groups is 3. The number of alkyl carbamates (subject to hydrolysis) is 1. The van der Waals surface area contributed by atoms with Crippen LogP contribution in [-0.4, -0.2) is 80.3 Å². The zero-order chi connectivity index (χ0) is 23.6. The van der Waals surface area contributed by atoms with Gasteiger partial charge in [0, 0.05) is 13.5 Å². The zero-order valence-electron chi connectivity index (χ0n) is 19.3. The first-order valence-corrected chi connectivity index (χ1v) is 10.2. The summed E-state index contributed by atoms with van der Waals surface area (Å²) in [4.78, 5) is 36.6. The molecule has 0 aromatic heterocycles. The van der Waals surface area contributed by atoms with Crippen LogP contribution in [0.5, 0.6) is 0 Å². The highest BCUT2D eigenvalue weighted by atomic mass is 16.8. The third-order valence-corrected chi connectivity index (χ3v) is 4.74. The second kappa shape index (κ2) is 9.68. The van der Waals surface area contributed by atoms with Gasteiger partial charge in [-0.15, -0.1) is 0 Å². The van der Waals surface area contributed by atoms with Crippen LogP contribution in [-0.2, 0) is 38.0 Å². The molecule has 2 N–H and O–H groups in total. The van der Waals surface area contributed by atoms with Crippen molar-refractivity contribution in [2.24, 2.45) is 0 Å². The first-order chi connectivity index (χ1) is 14.3. The van der Waals surface area contributed by atoms with Crippen LogP contribution >= 0.6 is 0 Å². The van der Waals surface area contributed by atoms with Gasteiger partial charge >= 0.3 is 12.1 Å². The van der Waals surface area contributed by atoms with E-state index in [4.69, 9.17) is 23.7 Å². The van der Waals surface area contributed by atoms with E-state index in [1.165, 1.54) is 21.1 Å². The van der Waals surface area contributed by atoms with E-state index in [0.717, 1.165) is 0 Å². The minimum Gasteiger partial charge on any atom is -0.467 e. The molecular formula is C20H34N2O9. The average Bonchev–Trinajstić information content (AvgIpc) is 3.09. The number of hydrogen-bond acceptors (Lipinski definition) is 9. The fraction of sp³-hybridized carbons (Fsp3) is 0.850. The molecule has 0 saturated carbocycles. The highest BCUT2D eigenvalue weighted by Gasteiger charge is 2.57. The van der Waals surface area contributed by atoms with Crippen LogP contribution in [0.4, 0.5) is 4.79 Å². The van der Waals surface area contributed by atoms with Crippen molar-refractivity contribution in [1.82, 2.24) is 10.6 Å². The van der Waals surface area contributed by atoms with Crippen LogP contribution in [0.3, 0.4) is 0 Å². The molecule has 0 unspecified atom stereocenters. The molecule has 11 nitrogen and oxygen atoms in total. The molecular weight excluding hydrogens is 412 g/mol. The van der Waals surface area contributed by atoms with E-state index >= 15 is 0 Å². The molecule has 0 bridgehead atoms. The molecule has 2 aliphatic rings. The maximum Gasteiger partial charge on any atom is 0.407 e. The lowest BCUT2D eigenvalue weighted by Gasteiger charge is -2.31. The van der Waals surface area contributed by atoms with Crippen molar-refractivity contribution < 1.29 is 42.8 Å². The van der Waals surface area contributed by atoms with E-state index in [1.54, 1.807) is 34.6 Å². The Morgan fingerprint density at radius 3 is 2.29 bits per heavy atom. The van der Waals surface area contributed by atoms with Crippen LogP contribution in [0, 0.1) is 0 Å². The summed E-state index contributed by atoms with van der Waals surface area (Å²) in [6.07, 6.45) is -3.55. The Morgan fingerprint density at radius 2 is 1.74 bits per heavy atom. The maximum atomic E-state index is 12.6. The molecule has 2 fully saturated rings. The highest BCUT2D eigenvalue weighted by Crippen LogP contribution is 2.39. The van der Waals surface area contributed by atoms with Crippen LogP contribution in [0.1, 0.15) is 48.0 Å². The molecule has 0 aromatic carbocycles. The molecule has 2 amide bonds. The second-order valence-electron chi connectivity index (χ2n) is 9.04. The lowest BCUT2D eigenvalue weighted by molar-refractivity contribution is -0.219. The number of nitrogens with one attached hydrogen (secondary N) is 2. The Balaban J connectivity index is 2.16. The van der Waals surface area contributed by atoms with Gasteiger partial charge in [-0.2, -0.15) is 0 Å². The van der Waals surface area contributed by atoms with Crippen molar-refractivity contribution in [3.8, 4) is 0 Å². The van der Waals surface area contributed by atoms with Gasteiger partial charge in [0.05, 0.1) is 13.2 Å². The molecule has 31 heavy (non-hydrogen) atoms. The number of ether oxygens (including phenoxy) is 6. The summed E-state index contributed by atoms with van der Waals surface area (Å²) in [5, 5.41) is 5.22. The van der Waals surface area contributed by atoms with Crippen LogP contribution in [0.2, 0.25) is 0 Å². The summed E-state index contributed by atoms with van der Waals surface area (Å²) in [5.41, 5.74) is -0.736. The van der Waals surface area contributed by atoms with E-state index in [2.05, 4.69) is 15.4 Å². The SMILES string of the molecule is COC(=O)[C@H](C)NC(=O)C[C@@H](NC(=O)OC(C)(C)C)[C@H]1O[C@@H]2OC(C)(C)O[C@@H]2[C@H]1OC. The molecule has 2 heterocycles. The Morgan fingerprint density at radius 1 is 1.10 bits per heavy atom. The van der Waals surface area contributed by atoms with E-state index in [1.807, 2.05) is 0 Å². The predicted octanol–water partition coefficient (Wildman–Crippen LogP) is 0.839. The van der Waals surface area contributed by atoms with Gasteiger partial charge in [0.25, 0.3) is 0 Å². The van der Waals surface area contributed by atoms with E-state index in [9.17, 15) is 14.4 Å². The van der Waals surface area contributed by atoms with Gasteiger partial charge in [0.1, 0.15) is 30.0 Å². The van der Waals surface area contributed by atoms with Crippen molar-refractivity contribution in [2.75, 3.05) is 14.2 Å². The molecule has 0 aliphatic carbocycles. The predicted molar refractivity (Wildman–Crippen MR) is 107 cm³/mol. The summed E-state index contributed by atoms with van der Waals surface area (Å²) in [6, 6.07) is -1.69. The molecule has 0 radical (unpaired) electrons. The smallest absolute Gasteiger partial charge is 0.407 e. The van der Waals surface area contributed by atoms with E-state index in [-0.39, 0.29) is 6.42 Å². The topological polar surface area (TPSA) is 131 Å². The third kappa shape index (κ3) is 6.76. The number of fused-ring (bicyclic) bond motifs is 1. The number of rotatable bonds is 7. The third-order valence-electron chi connectivity index (χ3n) is 4.74. The van der Waals surface area contributed by atoms with Crippen molar-refractivity contribution in [2.45, 2.75) is 96.0 Å². The molecule has 178 valence electrons. The molecule has 0 aromatic rings.